The van der Waals surface area contributed by atoms with Gasteiger partial charge >= 0.3 is 0 Å². The molecule has 116 valence electrons. The van der Waals surface area contributed by atoms with E-state index in [1.807, 2.05) is 58.9 Å². The predicted molar refractivity (Wildman–Crippen MR) is 88.4 cm³/mol. The van der Waals surface area contributed by atoms with Crippen LogP contribution in [0.15, 0.2) is 30.3 Å². The molecular formula is C17H22N4O. The van der Waals surface area contributed by atoms with E-state index in [1.165, 1.54) is 5.56 Å². The van der Waals surface area contributed by atoms with Gasteiger partial charge in [0, 0.05) is 16.9 Å². The Hall–Kier alpha value is -2.43. The fourth-order valence-corrected chi connectivity index (χ4v) is 1.91. The van der Waals surface area contributed by atoms with E-state index in [0.29, 0.717) is 11.6 Å². The van der Waals surface area contributed by atoms with E-state index in [1.54, 1.807) is 6.07 Å². The average Bonchev–Trinajstić information content (AvgIpc) is 2.39. The molecule has 2 aromatic rings. The first kappa shape index (κ1) is 15.9. The topological polar surface area (TPSA) is 66.9 Å². The Labute approximate surface area is 131 Å². The molecular weight excluding hydrogens is 276 g/mol. The van der Waals surface area contributed by atoms with Crippen molar-refractivity contribution in [1.82, 2.24) is 15.3 Å². The third-order valence-corrected chi connectivity index (χ3v) is 2.88. The van der Waals surface area contributed by atoms with Gasteiger partial charge in [0.25, 0.3) is 5.91 Å². The van der Waals surface area contributed by atoms with Crippen molar-refractivity contribution in [2.45, 2.75) is 40.2 Å². The number of hydrogen-bond donors (Lipinski definition) is 2. The fourth-order valence-electron chi connectivity index (χ4n) is 1.91. The molecule has 0 saturated carbocycles. The zero-order chi connectivity index (χ0) is 16.3. The summed E-state index contributed by atoms with van der Waals surface area (Å²) in [6, 6.07) is 9.60. The van der Waals surface area contributed by atoms with Crippen LogP contribution in [0, 0.1) is 13.8 Å². The lowest BCUT2D eigenvalue weighted by Crippen LogP contribution is -2.41. The van der Waals surface area contributed by atoms with Gasteiger partial charge in [-0.05, 0) is 52.8 Å². The molecule has 5 nitrogen and oxygen atoms in total. The number of carbonyl (C=O) groups excluding carboxylic acids is 1. The smallest absolute Gasteiger partial charge is 0.270 e. The Bertz CT molecular complexity index is 672. The molecule has 5 heteroatoms. The average molecular weight is 298 g/mol. The highest BCUT2D eigenvalue weighted by Crippen LogP contribution is 2.15. The molecule has 0 aliphatic rings. The second kappa shape index (κ2) is 6.13. The number of benzene rings is 1. The van der Waals surface area contributed by atoms with Crippen LogP contribution in [-0.4, -0.2) is 21.4 Å². The minimum absolute atomic E-state index is 0.204. The third-order valence-electron chi connectivity index (χ3n) is 2.88. The van der Waals surface area contributed by atoms with Crippen LogP contribution < -0.4 is 10.6 Å². The molecule has 0 unspecified atom stereocenters. The molecule has 0 aliphatic heterocycles. The van der Waals surface area contributed by atoms with Crippen LogP contribution in [0.1, 0.15) is 42.5 Å². The lowest BCUT2D eigenvalue weighted by Gasteiger charge is -2.20. The van der Waals surface area contributed by atoms with Crippen LogP contribution in [0.3, 0.4) is 0 Å². The molecule has 0 fully saturated rings. The highest BCUT2D eigenvalue weighted by Gasteiger charge is 2.17. The van der Waals surface area contributed by atoms with Crippen LogP contribution in [-0.2, 0) is 0 Å². The summed E-state index contributed by atoms with van der Waals surface area (Å²) in [5.74, 6) is 0.216. The number of carbonyl (C=O) groups is 1. The molecule has 1 aromatic heterocycles. The highest BCUT2D eigenvalue weighted by atomic mass is 16.2. The summed E-state index contributed by atoms with van der Waals surface area (Å²) in [5.41, 5.74) is 2.86. The molecule has 0 bridgehead atoms. The van der Waals surface area contributed by atoms with Crippen LogP contribution >= 0.6 is 0 Å². The summed E-state index contributed by atoms with van der Waals surface area (Å²) in [6.07, 6.45) is 0. The maximum atomic E-state index is 12.2. The summed E-state index contributed by atoms with van der Waals surface area (Å²) >= 11 is 0. The SMILES string of the molecule is Cc1ccc(Nc2nc(C)cc(C(=O)NC(C)(C)C)n2)cc1. The minimum Gasteiger partial charge on any atom is -0.346 e. The number of rotatable bonds is 3. The van der Waals surface area contributed by atoms with Crippen LogP contribution in [0.5, 0.6) is 0 Å². The first-order valence-corrected chi connectivity index (χ1v) is 7.25. The predicted octanol–water partition coefficient (Wildman–Crippen LogP) is 3.37. The van der Waals surface area contributed by atoms with Gasteiger partial charge in [-0.25, -0.2) is 9.97 Å². The summed E-state index contributed by atoms with van der Waals surface area (Å²) in [4.78, 5) is 20.9. The lowest BCUT2D eigenvalue weighted by atomic mass is 10.1. The molecule has 2 rings (SSSR count). The van der Waals surface area contributed by atoms with Gasteiger partial charge in [0.1, 0.15) is 5.69 Å². The summed E-state index contributed by atoms with van der Waals surface area (Å²) in [5, 5.41) is 6.03. The number of hydrogen-bond acceptors (Lipinski definition) is 4. The van der Waals surface area contributed by atoms with Crippen molar-refractivity contribution in [3.8, 4) is 0 Å². The van der Waals surface area contributed by atoms with Gasteiger partial charge in [-0.2, -0.15) is 0 Å². The van der Waals surface area contributed by atoms with Gasteiger partial charge in [-0.3, -0.25) is 4.79 Å². The van der Waals surface area contributed by atoms with Crippen molar-refractivity contribution in [3.05, 3.63) is 47.3 Å². The first-order chi connectivity index (χ1) is 10.2. The molecule has 1 heterocycles. The number of aryl methyl sites for hydroxylation is 2. The van der Waals surface area contributed by atoms with Crippen molar-refractivity contribution in [2.75, 3.05) is 5.32 Å². The van der Waals surface area contributed by atoms with Crippen molar-refractivity contribution < 1.29 is 4.79 Å². The second-order valence-corrected chi connectivity index (χ2v) is 6.41. The Morgan fingerprint density at radius 3 is 2.27 bits per heavy atom. The maximum absolute atomic E-state index is 12.2. The van der Waals surface area contributed by atoms with Crippen LogP contribution in [0.4, 0.5) is 11.6 Å². The second-order valence-electron chi connectivity index (χ2n) is 6.41. The van der Waals surface area contributed by atoms with E-state index in [0.717, 1.165) is 11.4 Å². The van der Waals surface area contributed by atoms with Gasteiger partial charge in [0.05, 0.1) is 0 Å². The van der Waals surface area contributed by atoms with Crippen molar-refractivity contribution in [2.24, 2.45) is 0 Å². The van der Waals surface area contributed by atoms with Gasteiger partial charge < -0.3 is 10.6 Å². The van der Waals surface area contributed by atoms with Crippen LogP contribution in [0.25, 0.3) is 0 Å². The molecule has 2 N–H and O–H groups in total. The molecule has 0 spiro atoms. The normalized spacial score (nSPS) is 11.1. The number of aromatic nitrogens is 2. The lowest BCUT2D eigenvalue weighted by molar-refractivity contribution is 0.0914. The molecule has 1 amide bonds. The van der Waals surface area contributed by atoms with Crippen molar-refractivity contribution >= 4 is 17.5 Å². The summed E-state index contributed by atoms with van der Waals surface area (Å²) in [7, 11) is 0. The van der Waals surface area contributed by atoms with Gasteiger partial charge in [0.15, 0.2) is 0 Å². The zero-order valence-corrected chi connectivity index (χ0v) is 13.7. The number of amides is 1. The van der Waals surface area contributed by atoms with Crippen LogP contribution in [0.2, 0.25) is 0 Å². The number of anilines is 2. The van der Waals surface area contributed by atoms with E-state index in [9.17, 15) is 4.79 Å². The monoisotopic (exact) mass is 298 g/mol. The van der Waals surface area contributed by atoms with E-state index >= 15 is 0 Å². The first-order valence-electron chi connectivity index (χ1n) is 7.25. The molecule has 22 heavy (non-hydrogen) atoms. The molecule has 0 radical (unpaired) electrons. The van der Waals surface area contributed by atoms with E-state index in [4.69, 9.17) is 0 Å². The van der Waals surface area contributed by atoms with Gasteiger partial charge in [-0.15, -0.1) is 0 Å². The zero-order valence-electron chi connectivity index (χ0n) is 13.7. The Morgan fingerprint density at radius 2 is 1.68 bits per heavy atom. The molecule has 0 saturated heterocycles. The standard InChI is InChI=1S/C17H22N4O/c1-11-6-8-13(9-7-11)19-16-18-12(2)10-14(20-16)15(22)21-17(3,4)5/h6-10H,1-5H3,(H,21,22)(H,18,19,20). The van der Waals surface area contributed by atoms with Gasteiger partial charge in [0.2, 0.25) is 5.95 Å². The third kappa shape index (κ3) is 4.55. The van der Waals surface area contributed by atoms with Crippen molar-refractivity contribution in [1.29, 1.82) is 0 Å². The molecule has 0 atom stereocenters. The Balaban J connectivity index is 2.23. The van der Waals surface area contributed by atoms with Gasteiger partial charge in [-0.1, -0.05) is 17.7 Å². The van der Waals surface area contributed by atoms with Crippen molar-refractivity contribution in [3.63, 3.8) is 0 Å². The number of nitrogens with one attached hydrogen (secondary N) is 2. The van der Waals surface area contributed by atoms with E-state index < -0.39 is 0 Å². The Kier molecular flexibility index (Phi) is 4.45. The van der Waals surface area contributed by atoms with E-state index in [-0.39, 0.29) is 11.4 Å². The largest absolute Gasteiger partial charge is 0.346 e. The quantitative estimate of drug-likeness (QED) is 0.911. The maximum Gasteiger partial charge on any atom is 0.270 e. The minimum atomic E-state index is -0.305. The highest BCUT2D eigenvalue weighted by molar-refractivity contribution is 5.93. The summed E-state index contributed by atoms with van der Waals surface area (Å²) in [6.45, 7) is 9.68. The molecule has 1 aromatic carbocycles. The molecule has 0 aliphatic carbocycles. The summed E-state index contributed by atoms with van der Waals surface area (Å²) < 4.78 is 0. The van der Waals surface area contributed by atoms with E-state index in [2.05, 4.69) is 20.6 Å². The fraction of sp³-hybridized carbons (Fsp3) is 0.353. The number of nitrogens with zero attached hydrogens (tertiary/aromatic N) is 2. The Morgan fingerprint density at radius 1 is 1.05 bits per heavy atom.